The number of hydrogen-bond donors (Lipinski definition) is 1. The van der Waals surface area contributed by atoms with E-state index in [2.05, 4.69) is 4.90 Å². The highest BCUT2D eigenvalue weighted by Gasteiger charge is 2.26. The van der Waals surface area contributed by atoms with Gasteiger partial charge in [-0.3, -0.25) is 15.0 Å². The number of rotatable bonds is 3. The van der Waals surface area contributed by atoms with E-state index in [1.54, 1.807) is 12.1 Å². The highest BCUT2D eigenvalue weighted by molar-refractivity contribution is 6.30. The van der Waals surface area contributed by atoms with Crippen LogP contribution in [0, 0.1) is 10.1 Å². The van der Waals surface area contributed by atoms with E-state index in [0.717, 1.165) is 25.9 Å². The van der Waals surface area contributed by atoms with Gasteiger partial charge in [0.15, 0.2) is 0 Å². The number of aliphatic hydroxyl groups is 1. The monoisotopic (exact) mass is 298 g/mol. The van der Waals surface area contributed by atoms with Crippen molar-refractivity contribution >= 4 is 17.3 Å². The molecule has 1 aromatic carbocycles. The first-order valence-corrected chi connectivity index (χ1v) is 7.13. The van der Waals surface area contributed by atoms with Gasteiger partial charge in [-0.15, -0.1) is 0 Å². The smallest absolute Gasteiger partial charge is 0.275 e. The van der Waals surface area contributed by atoms with Crippen molar-refractivity contribution in [2.45, 2.75) is 38.3 Å². The first-order valence-electron chi connectivity index (χ1n) is 6.75. The molecule has 1 aromatic rings. The summed E-state index contributed by atoms with van der Waals surface area (Å²) in [5.74, 6) is 0. The van der Waals surface area contributed by atoms with Gasteiger partial charge in [0, 0.05) is 29.7 Å². The Hall–Kier alpha value is -1.17. The minimum absolute atomic E-state index is 0.0634. The lowest BCUT2D eigenvalue weighted by Gasteiger charge is -2.22. The minimum atomic E-state index is -0.624. The Kier molecular flexibility index (Phi) is 4.62. The van der Waals surface area contributed by atoms with Crippen molar-refractivity contribution in [3.63, 3.8) is 0 Å². The number of nitrogens with zero attached hydrogens (tertiary/aromatic N) is 2. The number of likely N-dealkylation sites (tertiary alicyclic amines) is 1. The zero-order chi connectivity index (χ0) is 14.8. The second-order valence-electron chi connectivity index (χ2n) is 5.66. The molecule has 5 nitrogen and oxygen atoms in total. The van der Waals surface area contributed by atoms with Gasteiger partial charge in [0.05, 0.1) is 10.5 Å². The molecule has 1 saturated heterocycles. The molecule has 1 heterocycles. The molecule has 0 aliphatic carbocycles. The Balaban J connectivity index is 2.12. The summed E-state index contributed by atoms with van der Waals surface area (Å²) in [6.45, 7) is 3.95. The first kappa shape index (κ1) is 15.2. The quantitative estimate of drug-likeness (QED) is 0.688. The summed E-state index contributed by atoms with van der Waals surface area (Å²) in [6, 6.07) is 4.78. The molecule has 0 amide bonds. The minimum Gasteiger partial charge on any atom is -0.390 e. The van der Waals surface area contributed by atoms with Crippen LogP contribution < -0.4 is 0 Å². The number of nitro groups is 1. The van der Waals surface area contributed by atoms with Gasteiger partial charge in [-0.2, -0.15) is 0 Å². The molecule has 0 radical (unpaired) electrons. The molecule has 20 heavy (non-hydrogen) atoms. The zero-order valence-corrected chi connectivity index (χ0v) is 12.3. The average molecular weight is 299 g/mol. The van der Waals surface area contributed by atoms with Gasteiger partial charge in [-0.1, -0.05) is 11.6 Å². The van der Waals surface area contributed by atoms with Crippen LogP contribution in [-0.2, 0) is 6.54 Å². The fourth-order valence-electron chi connectivity index (χ4n) is 2.56. The van der Waals surface area contributed by atoms with Crippen molar-refractivity contribution in [1.29, 1.82) is 0 Å². The third kappa shape index (κ3) is 3.91. The van der Waals surface area contributed by atoms with Crippen LogP contribution in [0.25, 0.3) is 0 Å². The van der Waals surface area contributed by atoms with E-state index in [1.807, 2.05) is 6.92 Å². The largest absolute Gasteiger partial charge is 0.390 e. The normalized spacial score (nSPS) is 24.4. The van der Waals surface area contributed by atoms with Crippen LogP contribution in [0.2, 0.25) is 5.02 Å². The molecular weight excluding hydrogens is 280 g/mol. The van der Waals surface area contributed by atoms with Gasteiger partial charge >= 0.3 is 0 Å². The van der Waals surface area contributed by atoms with Crippen LogP contribution >= 0.6 is 11.6 Å². The van der Waals surface area contributed by atoms with Crippen LogP contribution in [0.1, 0.15) is 31.7 Å². The molecule has 110 valence electrons. The van der Waals surface area contributed by atoms with E-state index in [0.29, 0.717) is 23.6 Å². The third-order valence-electron chi connectivity index (χ3n) is 3.79. The van der Waals surface area contributed by atoms with E-state index in [9.17, 15) is 15.2 Å². The Morgan fingerprint density at radius 2 is 2.20 bits per heavy atom. The van der Waals surface area contributed by atoms with Gasteiger partial charge in [-0.05, 0) is 44.9 Å². The standard InChI is InChI=1S/C14H19ClN2O3/c1-14(18)5-2-7-16(8-6-14)10-11-3-4-12(15)9-13(11)17(19)20/h3-4,9,18H,2,5-8,10H2,1H3. The summed E-state index contributed by atoms with van der Waals surface area (Å²) in [6.07, 6.45) is 2.36. The number of hydrogen-bond acceptors (Lipinski definition) is 4. The lowest BCUT2D eigenvalue weighted by molar-refractivity contribution is -0.385. The van der Waals surface area contributed by atoms with Crippen LogP contribution in [0.3, 0.4) is 0 Å². The summed E-state index contributed by atoms with van der Waals surface area (Å²) < 4.78 is 0. The zero-order valence-electron chi connectivity index (χ0n) is 11.5. The molecule has 1 unspecified atom stereocenters. The molecule has 2 rings (SSSR count). The summed E-state index contributed by atoms with van der Waals surface area (Å²) in [4.78, 5) is 12.8. The van der Waals surface area contributed by atoms with Crippen molar-refractivity contribution in [2.24, 2.45) is 0 Å². The van der Waals surface area contributed by atoms with Crippen LogP contribution in [0.5, 0.6) is 0 Å². The topological polar surface area (TPSA) is 66.6 Å². The van der Waals surface area contributed by atoms with E-state index in [4.69, 9.17) is 11.6 Å². The predicted molar refractivity (Wildman–Crippen MR) is 77.9 cm³/mol. The van der Waals surface area contributed by atoms with Gasteiger partial charge in [0.1, 0.15) is 0 Å². The van der Waals surface area contributed by atoms with Crippen molar-refractivity contribution in [3.05, 3.63) is 38.9 Å². The summed E-state index contributed by atoms with van der Waals surface area (Å²) >= 11 is 5.82. The molecule has 6 heteroatoms. The van der Waals surface area contributed by atoms with Gasteiger partial charge < -0.3 is 5.11 Å². The maximum atomic E-state index is 11.1. The van der Waals surface area contributed by atoms with Gasteiger partial charge in [-0.25, -0.2) is 0 Å². The van der Waals surface area contributed by atoms with Crippen LogP contribution in [0.4, 0.5) is 5.69 Å². The van der Waals surface area contributed by atoms with E-state index >= 15 is 0 Å². The summed E-state index contributed by atoms with van der Waals surface area (Å²) in [5, 5.41) is 21.5. The summed E-state index contributed by atoms with van der Waals surface area (Å²) in [5.41, 5.74) is 0.107. The molecule has 1 fully saturated rings. The molecule has 0 aromatic heterocycles. The Bertz CT molecular complexity index is 505. The van der Waals surface area contributed by atoms with Crippen molar-refractivity contribution < 1.29 is 10.0 Å². The maximum Gasteiger partial charge on any atom is 0.275 e. The molecule has 1 N–H and O–H groups in total. The van der Waals surface area contributed by atoms with Crippen molar-refractivity contribution in [3.8, 4) is 0 Å². The van der Waals surface area contributed by atoms with E-state index in [1.165, 1.54) is 6.07 Å². The van der Waals surface area contributed by atoms with E-state index in [-0.39, 0.29) is 5.69 Å². The second-order valence-corrected chi connectivity index (χ2v) is 6.09. The molecule has 1 aliphatic heterocycles. The molecule has 0 spiro atoms. The molecule has 0 saturated carbocycles. The number of benzene rings is 1. The average Bonchev–Trinajstić information content (AvgIpc) is 2.53. The van der Waals surface area contributed by atoms with E-state index < -0.39 is 10.5 Å². The van der Waals surface area contributed by atoms with Gasteiger partial charge in [0.25, 0.3) is 5.69 Å². The molecule has 1 aliphatic rings. The Morgan fingerprint density at radius 1 is 1.45 bits per heavy atom. The highest BCUT2D eigenvalue weighted by Crippen LogP contribution is 2.27. The second kappa shape index (κ2) is 6.08. The van der Waals surface area contributed by atoms with Crippen molar-refractivity contribution in [1.82, 2.24) is 4.90 Å². The maximum absolute atomic E-state index is 11.1. The third-order valence-corrected chi connectivity index (χ3v) is 4.03. The SMILES string of the molecule is CC1(O)CCCN(Cc2ccc(Cl)cc2[N+](=O)[O-])CC1. The number of halogens is 1. The van der Waals surface area contributed by atoms with Gasteiger partial charge in [0.2, 0.25) is 0 Å². The highest BCUT2D eigenvalue weighted by atomic mass is 35.5. The lowest BCUT2D eigenvalue weighted by Crippen LogP contribution is -2.28. The molecule has 0 bridgehead atoms. The van der Waals surface area contributed by atoms with Crippen LogP contribution in [0.15, 0.2) is 18.2 Å². The first-order chi connectivity index (χ1) is 9.37. The predicted octanol–water partition coefficient (Wildman–Crippen LogP) is 2.99. The van der Waals surface area contributed by atoms with Crippen LogP contribution in [-0.4, -0.2) is 33.6 Å². The Morgan fingerprint density at radius 3 is 2.90 bits per heavy atom. The Labute approximate surface area is 123 Å². The molecule has 1 atom stereocenters. The van der Waals surface area contributed by atoms with Crippen molar-refractivity contribution in [2.75, 3.05) is 13.1 Å². The summed E-state index contributed by atoms with van der Waals surface area (Å²) in [7, 11) is 0. The molecular formula is C14H19ClN2O3. The number of nitro benzene ring substituents is 1. The fourth-order valence-corrected chi connectivity index (χ4v) is 2.73. The lowest BCUT2D eigenvalue weighted by atomic mass is 9.98. The fraction of sp³-hybridized carbons (Fsp3) is 0.571.